The van der Waals surface area contributed by atoms with Crippen LogP contribution in [0, 0.1) is 5.82 Å². The van der Waals surface area contributed by atoms with Crippen molar-refractivity contribution in [1.82, 2.24) is 4.72 Å². The van der Waals surface area contributed by atoms with E-state index in [-0.39, 0.29) is 22.5 Å². The van der Waals surface area contributed by atoms with Crippen molar-refractivity contribution in [2.75, 3.05) is 6.54 Å². The number of nitrogens with two attached hydrogens (primary N) is 1. The molecule has 3 N–H and O–H groups in total. The van der Waals surface area contributed by atoms with Gasteiger partial charge in [-0.15, -0.1) is 0 Å². The van der Waals surface area contributed by atoms with Crippen LogP contribution in [0.2, 0.25) is 5.02 Å². The van der Waals surface area contributed by atoms with E-state index in [1.165, 1.54) is 6.07 Å². The Balaban J connectivity index is 3.02. The Morgan fingerprint density at radius 3 is 2.72 bits per heavy atom. The first-order chi connectivity index (χ1) is 8.40. The smallest absolute Gasteiger partial charge is 0.242 e. The average molecular weight is 295 g/mol. The molecule has 18 heavy (non-hydrogen) atoms. The normalized spacial score (nSPS) is 13.6. The Labute approximate surface area is 111 Å². The van der Waals surface area contributed by atoms with Crippen molar-refractivity contribution in [1.29, 1.82) is 0 Å². The Bertz CT molecular complexity index is 508. The van der Waals surface area contributed by atoms with E-state index in [9.17, 15) is 12.8 Å². The van der Waals surface area contributed by atoms with Crippen molar-refractivity contribution >= 4 is 21.6 Å². The van der Waals surface area contributed by atoms with E-state index in [0.717, 1.165) is 18.6 Å². The lowest BCUT2D eigenvalue weighted by Crippen LogP contribution is -2.40. The molecule has 1 atom stereocenters. The van der Waals surface area contributed by atoms with Crippen LogP contribution in [-0.2, 0) is 10.0 Å². The van der Waals surface area contributed by atoms with Crippen LogP contribution in [0.25, 0.3) is 0 Å². The molecule has 0 aliphatic carbocycles. The Morgan fingerprint density at radius 1 is 1.50 bits per heavy atom. The van der Waals surface area contributed by atoms with Gasteiger partial charge in [-0.05, 0) is 24.6 Å². The van der Waals surface area contributed by atoms with Crippen molar-refractivity contribution < 1.29 is 12.8 Å². The van der Waals surface area contributed by atoms with Crippen LogP contribution in [-0.4, -0.2) is 21.0 Å². The largest absolute Gasteiger partial charge is 0.329 e. The lowest BCUT2D eigenvalue weighted by Gasteiger charge is -2.16. The Kier molecular flexibility index (Phi) is 5.52. The van der Waals surface area contributed by atoms with Gasteiger partial charge in [-0.2, -0.15) is 0 Å². The predicted octanol–water partition coefficient (Wildman–Crippen LogP) is 1.88. The summed E-state index contributed by atoms with van der Waals surface area (Å²) in [7, 11) is -3.85. The minimum Gasteiger partial charge on any atom is -0.329 e. The standard InChI is InChI=1S/C11H16ClFN2O2S/c1-2-3-9(7-14)15-18(16,17)11-6-8(13)4-5-10(11)12/h4-6,9,15H,2-3,7,14H2,1H3. The molecule has 0 bridgehead atoms. The average Bonchev–Trinajstić information content (AvgIpc) is 2.31. The highest BCUT2D eigenvalue weighted by atomic mass is 35.5. The Hall–Kier alpha value is -0.690. The second kappa shape index (κ2) is 6.47. The summed E-state index contributed by atoms with van der Waals surface area (Å²) in [5, 5.41) is -0.0174. The molecule has 0 saturated heterocycles. The van der Waals surface area contributed by atoms with Gasteiger partial charge in [0.05, 0.1) is 5.02 Å². The molecular weight excluding hydrogens is 279 g/mol. The van der Waals surface area contributed by atoms with E-state index in [1.54, 1.807) is 0 Å². The van der Waals surface area contributed by atoms with Crippen molar-refractivity contribution in [3.63, 3.8) is 0 Å². The van der Waals surface area contributed by atoms with Gasteiger partial charge in [0.25, 0.3) is 0 Å². The summed E-state index contributed by atoms with van der Waals surface area (Å²) in [4.78, 5) is -0.265. The van der Waals surface area contributed by atoms with Gasteiger partial charge in [-0.1, -0.05) is 24.9 Å². The lowest BCUT2D eigenvalue weighted by molar-refractivity contribution is 0.526. The lowest BCUT2D eigenvalue weighted by atomic mass is 10.2. The number of nitrogens with one attached hydrogen (secondary N) is 1. The maximum atomic E-state index is 13.1. The maximum Gasteiger partial charge on any atom is 0.242 e. The fourth-order valence-corrected chi connectivity index (χ4v) is 3.33. The third kappa shape index (κ3) is 3.91. The molecule has 0 spiro atoms. The van der Waals surface area contributed by atoms with Gasteiger partial charge < -0.3 is 5.73 Å². The fourth-order valence-electron chi connectivity index (χ4n) is 1.54. The third-order valence-electron chi connectivity index (χ3n) is 2.43. The highest BCUT2D eigenvalue weighted by Crippen LogP contribution is 2.22. The van der Waals surface area contributed by atoms with Crippen LogP contribution >= 0.6 is 11.6 Å². The molecule has 0 heterocycles. The molecule has 0 fully saturated rings. The molecule has 0 radical (unpaired) electrons. The molecule has 0 aromatic heterocycles. The quantitative estimate of drug-likeness (QED) is 0.841. The van der Waals surface area contributed by atoms with E-state index >= 15 is 0 Å². The van der Waals surface area contributed by atoms with Gasteiger partial charge in [0.15, 0.2) is 0 Å². The molecule has 0 amide bonds. The van der Waals surface area contributed by atoms with Crippen LogP contribution in [0.1, 0.15) is 19.8 Å². The summed E-state index contributed by atoms with van der Waals surface area (Å²) >= 11 is 5.77. The van der Waals surface area contributed by atoms with E-state index in [1.807, 2.05) is 6.92 Å². The van der Waals surface area contributed by atoms with E-state index in [4.69, 9.17) is 17.3 Å². The highest BCUT2D eigenvalue weighted by molar-refractivity contribution is 7.89. The van der Waals surface area contributed by atoms with Gasteiger partial charge in [-0.3, -0.25) is 0 Å². The molecule has 0 saturated carbocycles. The summed E-state index contributed by atoms with van der Waals surface area (Å²) in [6.45, 7) is 2.10. The number of benzene rings is 1. The number of hydrogen-bond acceptors (Lipinski definition) is 3. The SMILES string of the molecule is CCCC(CN)NS(=O)(=O)c1cc(F)ccc1Cl. The molecule has 4 nitrogen and oxygen atoms in total. The maximum absolute atomic E-state index is 13.1. The molecule has 0 aliphatic heterocycles. The molecule has 1 aromatic rings. The second-order valence-corrected chi connectivity index (χ2v) is 6.01. The van der Waals surface area contributed by atoms with Crippen LogP contribution < -0.4 is 10.5 Å². The molecule has 0 aliphatic rings. The minimum atomic E-state index is -3.85. The molecular formula is C11H16ClFN2O2S. The number of hydrogen-bond donors (Lipinski definition) is 2. The zero-order valence-electron chi connectivity index (χ0n) is 9.99. The first-order valence-electron chi connectivity index (χ1n) is 5.58. The summed E-state index contributed by atoms with van der Waals surface area (Å²) in [6.07, 6.45) is 1.41. The van der Waals surface area contributed by atoms with Crippen molar-refractivity contribution in [3.8, 4) is 0 Å². The summed E-state index contributed by atoms with van der Waals surface area (Å²) in [6, 6.07) is 2.83. The summed E-state index contributed by atoms with van der Waals surface area (Å²) in [5.74, 6) is -0.653. The fraction of sp³-hybridized carbons (Fsp3) is 0.455. The van der Waals surface area contributed by atoms with Crippen LogP contribution in [0.3, 0.4) is 0 Å². The summed E-state index contributed by atoms with van der Waals surface area (Å²) in [5.41, 5.74) is 5.48. The molecule has 7 heteroatoms. The predicted molar refractivity (Wildman–Crippen MR) is 69.5 cm³/mol. The number of sulfonamides is 1. The van der Waals surface area contributed by atoms with E-state index in [0.29, 0.717) is 6.42 Å². The van der Waals surface area contributed by atoms with E-state index in [2.05, 4.69) is 4.72 Å². The third-order valence-corrected chi connectivity index (χ3v) is 4.43. The minimum absolute atomic E-state index is 0.0174. The Morgan fingerprint density at radius 2 is 2.17 bits per heavy atom. The monoisotopic (exact) mass is 294 g/mol. The zero-order chi connectivity index (χ0) is 13.8. The molecule has 1 rings (SSSR count). The first kappa shape index (κ1) is 15.4. The van der Waals surface area contributed by atoms with Gasteiger partial charge in [0, 0.05) is 12.6 Å². The van der Waals surface area contributed by atoms with Crippen LogP contribution in [0.15, 0.2) is 23.1 Å². The second-order valence-electron chi connectivity index (χ2n) is 3.92. The van der Waals surface area contributed by atoms with Gasteiger partial charge in [-0.25, -0.2) is 17.5 Å². The topological polar surface area (TPSA) is 72.2 Å². The highest BCUT2D eigenvalue weighted by Gasteiger charge is 2.22. The van der Waals surface area contributed by atoms with Crippen LogP contribution in [0.4, 0.5) is 4.39 Å². The van der Waals surface area contributed by atoms with Crippen molar-refractivity contribution in [3.05, 3.63) is 29.0 Å². The number of rotatable bonds is 6. The van der Waals surface area contributed by atoms with Crippen LogP contribution in [0.5, 0.6) is 0 Å². The van der Waals surface area contributed by atoms with E-state index < -0.39 is 15.8 Å². The molecule has 102 valence electrons. The van der Waals surface area contributed by atoms with Gasteiger partial charge >= 0.3 is 0 Å². The molecule has 1 unspecified atom stereocenters. The van der Waals surface area contributed by atoms with Crippen molar-refractivity contribution in [2.45, 2.75) is 30.7 Å². The summed E-state index contributed by atoms with van der Waals surface area (Å²) < 4.78 is 39.6. The van der Waals surface area contributed by atoms with Gasteiger partial charge in [0.1, 0.15) is 10.7 Å². The van der Waals surface area contributed by atoms with Gasteiger partial charge in [0.2, 0.25) is 10.0 Å². The number of halogens is 2. The molecule has 1 aromatic carbocycles. The first-order valence-corrected chi connectivity index (χ1v) is 7.44. The van der Waals surface area contributed by atoms with Crippen molar-refractivity contribution in [2.24, 2.45) is 5.73 Å². The zero-order valence-corrected chi connectivity index (χ0v) is 11.6.